The van der Waals surface area contributed by atoms with Crippen LogP contribution in [-0.4, -0.2) is 13.1 Å². The fourth-order valence-electron chi connectivity index (χ4n) is 1.11. The zero-order chi connectivity index (χ0) is 12.1. The smallest absolute Gasteiger partial charge is 0.338 e. The lowest BCUT2D eigenvalue weighted by Crippen LogP contribution is -2.03. The van der Waals surface area contributed by atoms with Crippen LogP contribution in [0.1, 0.15) is 15.9 Å². The molecule has 0 bridgehead atoms. The summed E-state index contributed by atoms with van der Waals surface area (Å²) in [6, 6.07) is 4.74. The van der Waals surface area contributed by atoms with E-state index >= 15 is 0 Å². The third-order valence-electron chi connectivity index (χ3n) is 1.84. The van der Waals surface area contributed by atoms with Crippen LogP contribution in [-0.2, 0) is 4.74 Å². The normalized spacial score (nSPS) is 10.1. The van der Waals surface area contributed by atoms with E-state index in [4.69, 9.17) is 28.5 Å². The van der Waals surface area contributed by atoms with Crippen LogP contribution >= 0.6 is 23.2 Å². The molecule has 82 valence electrons. The number of ether oxygens (including phenoxy) is 1. The third-order valence-corrected chi connectivity index (χ3v) is 2.56. The van der Waals surface area contributed by atoms with Gasteiger partial charge in [0.1, 0.15) is 0 Å². The molecule has 1 rings (SSSR count). The molecule has 0 radical (unpaired) electrons. The molecule has 0 atom stereocenters. The minimum atomic E-state index is -0.531. The van der Waals surface area contributed by atoms with Gasteiger partial charge in [0.2, 0.25) is 0 Å². The molecule has 0 aliphatic rings. The summed E-state index contributed by atoms with van der Waals surface area (Å²) in [6.45, 7) is 0. The number of rotatable bonds is 2. The van der Waals surface area contributed by atoms with E-state index in [2.05, 4.69) is 4.74 Å². The van der Waals surface area contributed by atoms with Gasteiger partial charge in [-0.2, -0.15) is 5.26 Å². The van der Waals surface area contributed by atoms with Gasteiger partial charge < -0.3 is 4.74 Å². The summed E-state index contributed by atoms with van der Waals surface area (Å²) in [5.74, 6) is -0.531. The highest BCUT2D eigenvalue weighted by Gasteiger charge is 2.13. The summed E-state index contributed by atoms with van der Waals surface area (Å²) < 4.78 is 4.59. The fourth-order valence-corrected chi connectivity index (χ4v) is 1.45. The largest absolute Gasteiger partial charge is 0.465 e. The summed E-state index contributed by atoms with van der Waals surface area (Å²) in [6.07, 6.45) is 2.71. The highest BCUT2D eigenvalue weighted by molar-refractivity contribution is 6.42. The Morgan fingerprint density at radius 1 is 1.44 bits per heavy atom. The number of nitrogens with zero attached hydrogens (tertiary/aromatic N) is 1. The molecule has 1 aromatic rings. The molecule has 1 aromatic carbocycles. The number of methoxy groups -OCH3 is 1. The Labute approximate surface area is 103 Å². The van der Waals surface area contributed by atoms with Gasteiger partial charge in [0.15, 0.2) is 0 Å². The summed E-state index contributed by atoms with van der Waals surface area (Å²) in [7, 11) is 1.27. The van der Waals surface area contributed by atoms with E-state index < -0.39 is 5.97 Å². The minimum absolute atomic E-state index is 0.260. The third kappa shape index (κ3) is 2.75. The topological polar surface area (TPSA) is 50.1 Å². The van der Waals surface area contributed by atoms with Crippen molar-refractivity contribution < 1.29 is 9.53 Å². The highest BCUT2D eigenvalue weighted by atomic mass is 35.5. The Bertz CT molecular complexity index is 489. The molecule has 0 fully saturated rings. The van der Waals surface area contributed by atoms with E-state index in [0.717, 1.165) is 0 Å². The Morgan fingerprint density at radius 2 is 2.06 bits per heavy atom. The molecule has 16 heavy (non-hydrogen) atoms. The van der Waals surface area contributed by atoms with Crippen molar-refractivity contribution in [3.05, 3.63) is 39.4 Å². The van der Waals surface area contributed by atoms with E-state index in [1.165, 1.54) is 31.4 Å². The van der Waals surface area contributed by atoms with Crippen molar-refractivity contribution in [1.82, 2.24) is 0 Å². The molecule has 0 unspecified atom stereocenters. The van der Waals surface area contributed by atoms with E-state index in [-0.39, 0.29) is 10.6 Å². The van der Waals surface area contributed by atoms with E-state index in [1.54, 1.807) is 0 Å². The monoisotopic (exact) mass is 255 g/mol. The average molecular weight is 256 g/mol. The molecular formula is C11H7Cl2NO2. The van der Waals surface area contributed by atoms with Gasteiger partial charge in [0, 0.05) is 6.08 Å². The molecule has 0 saturated heterocycles. The zero-order valence-electron chi connectivity index (χ0n) is 8.33. The summed E-state index contributed by atoms with van der Waals surface area (Å²) in [5.41, 5.74) is 0.756. The number of nitriles is 1. The molecule has 0 aliphatic carbocycles. The first-order valence-corrected chi connectivity index (χ1v) is 4.99. The molecule has 0 N–H and O–H groups in total. The lowest BCUT2D eigenvalue weighted by molar-refractivity contribution is 0.0600. The van der Waals surface area contributed by atoms with Gasteiger partial charge in [-0.15, -0.1) is 0 Å². The summed E-state index contributed by atoms with van der Waals surface area (Å²) >= 11 is 11.6. The number of esters is 1. The first-order chi connectivity index (χ1) is 7.60. The zero-order valence-corrected chi connectivity index (χ0v) is 9.84. The fraction of sp³-hybridized carbons (Fsp3) is 0.0909. The van der Waals surface area contributed by atoms with Crippen LogP contribution in [0.2, 0.25) is 10.0 Å². The highest BCUT2D eigenvalue weighted by Crippen LogP contribution is 2.27. The predicted molar refractivity (Wildman–Crippen MR) is 62.4 cm³/mol. The van der Waals surface area contributed by atoms with E-state index in [9.17, 15) is 4.79 Å². The van der Waals surface area contributed by atoms with Gasteiger partial charge in [0.05, 0.1) is 28.8 Å². The molecule has 5 heteroatoms. The van der Waals surface area contributed by atoms with Crippen molar-refractivity contribution in [2.24, 2.45) is 0 Å². The molecule has 3 nitrogen and oxygen atoms in total. The summed E-state index contributed by atoms with van der Waals surface area (Å²) in [4.78, 5) is 11.4. The second kappa shape index (κ2) is 5.55. The number of carbonyl (C=O) groups is 1. The Kier molecular flexibility index (Phi) is 4.36. The van der Waals surface area contributed by atoms with E-state index in [1.807, 2.05) is 6.07 Å². The van der Waals surface area contributed by atoms with Gasteiger partial charge >= 0.3 is 5.97 Å². The van der Waals surface area contributed by atoms with Gasteiger partial charge in [0.25, 0.3) is 0 Å². The maximum atomic E-state index is 11.4. The van der Waals surface area contributed by atoms with Crippen molar-refractivity contribution in [2.75, 3.05) is 7.11 Å². The average Bonchev–Trinajstić information content (AvgIpc) is 2.29. The maximum absolute atomic E-state index is 11.4. The molecule has 0 aliphatic heterocycles. The van der Waals surface area contributed by atoms with Crippen LogP contribution in [0.5, 0.6) is 0 Å². The van der Waals surface area contributed by atoms with Crippen LogP contribution in [0.15, 0.2) is 18.2 Å². The summed E-state index contributed by atoms with van der Waals surface area (Å²) in [5, 5.41) is 9.00. The number of hydrogen-bond acceptors (Lipinski definition) is 3. The van der Waals surface area contributed by atoms with Crippen LogP contribution in [0.25, 0.3) is 6.08 Å². The van der Waals surface area contributed by atoms with Crippen molar-refractivity contribution >= 4 is 35.2 Å². The molecule has 0 aromatic heterocycles. The first-order valence-electron chi connectivity index (χ1n) is 4.23. The Morgan fingerprint density at radius 3 is 2.62 bits per heavy atom. The van der Waals surface area contributed by atoms with Gasteiger partial charge in [-0.1, -0.05) is 23.2 Å². The Balaban J connectivity index is 3.34. The predicted octanol–water partition coefficient (Wildman–Crippen LogP) is 3.32. The number of halogens is 2. The van der Waals surface area contributed by atoms with Crippen LogP contribution in [0, 0.1) is 11.3 Å². The number of carbonyl (C=O) groups excluding carboxylic acids is 1. The van der Waals surface area contributed by atoms with E-state index in [0.29, 0.717) is 10.6 Å². The lowest BCUT2D eigenvalue weighted by Gasteiger charge is -2.05. The van der Waals surface area contributed by atoms with Gasteiger partial charge in [-0.25, -0.2) is 4.79 Å². The number of allylic oxidation sites excluding steroid dienone is 1. The second-order valence-corrected chi connectivity index (χ2v) is 3.62. The van der Waals surface area contributed by atoms with Gasteiger partial charge in [-0.05, 0) is 23.8 Å². The standard InChI is InChI=1S/C11H7Cl2NO2/c1-16-11(15)8-6-10(13)9(12)5-7(8)3-2-4-14/h2-3,5-6H,1H3/b3-2+. The lowest BCUT2D eigenvalue weighted by atomic mass is 10.1. The second-order valence-electron chi connectivity index (χ2n) is 2.81. The minimum Gasteiger partial charge on any atom is -0.465 e. The molecular weight excluding hydrogens is 249 g/mol. The maximum Gasteiger partial charge on any atom is 0.338 e. The number of hydrogen-bond donors (Lipinski definition) is 0. The molecule has 0 amide bonds. The van der Waals surface area contributed by atoms with Crippen molar-refractivity contribution in [2.45, 2.75) is 0 Å². The quantitative estimate of drug-likeness (QED) is 0.602. The molecule has 0 heterocycles. The van der Waals surface area contributed by atoms with Crippen LogP contribution < -0.4 is 0 Å². The number of benzene rings is 1. The van der Waals surface area contributed by atoms with Crippen LogP contribution in [0.3, 0.4) is 0 Å². The van der Waals surface area contributed by atoms with Crippen molar-refractivity contribution in [1.29, 1.82) is 5.26 Å². The first kappa shape index (κ1) is 12.6. The Hall–Kier alpha value is -1.50. The van der Waals surface area contributed by atoms with Gasteiger partial charge in [-0.3, -0.25) is 0 Å². The SMILES string of the molecule is COC(=O)c1cc(Cl)c(Cl)cc1/C=C/C#N. The molecule has 0 spiro atoms. The van der Waals surface area contributed by atoms with Crippen molar-refractivity contribution in [3.63, 3.8) is 0 Å². The van der Waals surface area contributed by atoms with Crippen LogP contribution in [0.4, 0.5) is 0 Å². The molecule has 0 saturated carbocycles. The van der Waals surface area contributed by atoms with Crippen molar-refractivity contribution in [3.8, 4) is 6.07 Å².